The Bertz CT molecular complexity index is 449. The van der Waals surface area contributed by atoms with Crippen LogP contribution in [0.1, 0.15) is 47.6 Å². The van der Waals surface area contributed by atoms with E-state index in [1.54, 1.807) is 0 Å². The maximum Gasteiger partial charge on any atom is 0.374 e. The van der Waals surface area contributed by atoms with Crippen LogP contribution in [0.15, 0.2) is 10.5 Å². The minimum absolute atomic E-state index is 0.139. The molecule has 1 saturated carbocycles. The SMILES string of the molecule is COC(=O)c1oc(CN(CCO)C2CCCC2)cc1C. The molecule has 5 heteroatoms. The van der Waals surface area contributed by atoms with Gasteiger partial charge in [0.15, 0.2) is 0 Å². The highest BCUT2D eigenvalue weighted by atomic mass is 16.5. The molecule has 0 radical (unpaired) electrons. The van der Waals surface area contributed by atoms with E-state index in [0.717, 1.165) is 11.3 Å². The van der Waals surface area contributed by atoms with E-state index in [0.29, 0.717) is 19.1 Å². The standard InChI is InChI=1S/C15H23NO4/c1-11-9-13(20-14(11)15(18)19-2)10-16(7-8-17)12-5-3-4-6-12/h9,12,17H,3-8,10H2,1-2H3. The van der Waals surface area contributed by atoms with Gasteiger partial charge in [-0.15, -0.1) is 0 Å². The Morgan fingerprint density at radius 1 is 1.50 bits per heavy atom. The number of aliphatic hydroxyl groups is 1. The predicted molar refractivity (Wildman–Crippen MR) is 74.5 cm³/mol. The summed E-state index contributed by atoms with van der Waals surface area (Å²) in [6.45, 7) is 3.24. The van der Waals surface area contributed by atoms with Gasteiger partial charge in [-0.1, -0.05) is 12.8 Å². The van der Waals surface area contributed by atoms with E-state index in [1.807, 2.05) is 13.0 Å². The first-order valence-corrected chi connectivity index (χ1v) is 7.18. The lowest BCUT2D eigenvalue weighted by Crippen LogP contribution is -2.34. The van der Waals surface area contributed by atoms with Crippen LogP contribution in [0.5, 0.6) is 0 Å². The monoisotopic (exact) mass is 281 g/mol. The minimum Gasteiger partial charge on any atom is -0.463 e. The van der Waals surface area contributed by atoms with Crippen LogP contribution in [0.4, 0.5) is 0 Å². The Balaban J connectivity index is 2.08. The van der Waals surface area contributed by atoms with Crippen molar-refractivity contribution < 1.29 is 19.1 Å². The number of hydrogen-bond acceptors (Lipinski definition) is 5. The summed E-state index contributed by atoms with van der Waals surface area (Å²) in [7, 11) is 1.35. The van der Waals surface area contributed by atoms with Crippen molar-refractivity contribution in [2.24, 2.45) is 0 Å². The Kier molecular flexibility index (Phi) is 5.20. The van der Waals surface area contributed by atoms with Crippen LogP contribution in [0.2, 0.25) is 0 Å². The second-order valence-electron chi connectivity index (χ2n) is 5.35. The zero-order chi connectivity index (χ0) is 14.5. The second kappa shape index (κ2) is 6.90. The maximum atomic E-state index is 11.5. The van der Waals surface area contributed by atoms with E-state index in [-0.39, 0.29) is 12.4 Å². The summed E-state index contributed by atoms with van der Waals surface area (Å²) in [5.41, 5.74) is 0.794. The van der Waals surface area contributed by atoms with Crippen LogP contribution in [-0.4, -0.2) is 42.3 Å². The molecule has 0 spiro atoms. The molecule has 2 rings (SSSR count). The third-order valence-electron chi connectivity index (χ3n) is 3.93. The molecule has 1 aromatic heterocycles. The normalized spacial score (nSPS) is 16.0. The number of aliphatic hydroxyl groups excluding tert-OH is 1. The second-order valence-corrected chi connectivity index (χ2v) is 5.35. The van der Waals surface area contributed by atoms with Gasteiger partial charge in [-0.3, -0.25) is 4.90 Å². The van der Waals surface area contributed by atoms with Gasteiger partial charge in [0, 0.05) is 18.2 Å². The van der Waals surface area contributed by atoms with Crippen LogP contribution in [0.25, 0.3) is 0 Å². The van der Waals surface area contributed by atoms with Gasteiger partial charge < -0.3 is 14.3 Å². The van der Waals surface area contributed by atoms with Gasteiger partial charge in [0.25, 0.3) is 0 Å². The third kappa shape index (κ3) is 3.41. The molecule has 1 aliphatic rings. The third-order valence-corrected chi connectivity index (χ3v) is 3.93. The van der Waals surface area contributed by atoms with E-state index < -0.39 is 5.97 Å². The Hall–Kier alpha value is -1.33. The molecule has 1 fully saturated rings. The molecule has 0 unspecified atom stereocenters. The van der Waals surface area contributed by atoms with Gasteiger partial charge in [-0.25, -0.2) is 4.79 Å². The lowest BCUT2D eigenvalue weighted by atomic mass is 10.2. The highest BCUT2D eigenvalue weighted by Crippen LogP contribution is 2.26. The molecule has 0 aliphatic heterocycles. The summed E-state index contributed by atoms with van der Waals surface area (Å²) in [5, 5.41) is 9.21. The summed E-state index contributed by atoms with van der Waals surface area (Å²) in [5.74, 6) is 0.587. The zero-order valence-corrected chi connectivity index (χ0v) is 12.2. The van der Waals surface area contributed by atoms with Crippen molar-refractivity contribution in [2.45, 2.75) is 45.2 Å². The maximum absolute atomic E-state index is 11.5. The Morgan fingerprint density at radius 2 is 2.20 bits per heavy atom. The van der Waals surface area contributed by atoms with Crippen molar-refractivity contribution in [1.82, 2.24) is 4.90 Å². The molecule has 0 saturated heterocycles. The van der Waals surface area contributed by atoms with Crippen molar-refractivity contribution in [1.29, 1.82) is 0 Å². The summed E-state index contributed by atoms with van der Waals surface area (Å²) in [6, 6.07) is 2.39. The average molecular weight is 281 g/mol. The first-order valence-electron chi connectivity index (χ1n) is 7.18. The van der Waals surface area contributed by atoms with Crippen molar-refractivity contribution >= 4 is 5.97 Å². The fourth-order valence-corrected chi connectivity index (χ4v) is 2.91. The van der Waals surface area contributed by atoms with E-state index in [4.69, 9.17) is 9.15 Å². The lowest BCUT2D eigenvalue weighted by Gasteiger charge is -2.26. The highest BCUT2D eigenvalue weighted by Gasteiger charge is 2.24. The number of hydrogen-bond donors (Lipinski definition) is 1. The smallest absolute Gasteiger partial charge is 0.374 e. The molecule has 112 valence electrons. The molecule has 1 aliphatic carbocycles. The predicted octanol–water partition coefficient (Wildman–Crippen LogP) is 2.11. The molecular formula is C15H23NO4. The van der Waals surface area contributed by atoms with Crippen molar-refractivity contribution in [3.8, 4) is 0 Å². The van der Waals surface area contributed by atoms with Crippen LogP contribution < -0.4 is 0 Å². The number of methoxy groups -OCH3 is 1. The van der Waals surface area contributed by atoms with Gasteiger partial charge in [-0.05, 0) is 25.8 Å². The van der Waals surface area contributed by atoms with Crippen LogP contribution in [-0.2, 0) is 11.3 Å². The molecule has 0 amide bonds. The molecule has 1 aromatic rings. The Morgan fingerprint density at radius 3 is 2.80 bits per heavy atom. The topological polar surface area (TPSA) is 62.9 Å². The molecule has 0 aromatic carbocycles. The number of rotatable bonds is 6. The first-order chi connectivity index (χ1) is 9.65. The molecule has 0 atom stereocenters. The average Bonchev–Trinajstić information content (AvgIpc) is 3.07. The number of carbonyl (C=O) groups excluding carboxylic acids is 1. The van der Waals surface area contributed by atoms with E-state index in [1.165, 1.54) is 32.8 Å². The van der Waals surface area contributed by atoms with Crippen LogP contribution in [0.3, 0.4) is 0 Å². The molecule has 20 heavy (non-hydrogen) atoms. The summed E-state index contributed by atoms with van der Waals surface area (Å²) in [4.78, 5) is 13.8. The number of carbonyl (C=O) groups is 1. The molecular weight excluding hydrogens is 258 g/mol. The van der Waals surface area contributed by atoms with Crippen molar-refractivity contribution in [3.05, 3.63) is 23.2 Å². The van der Waals surface area contributed by atoms with E-state index in [9.17, 15) is 9.90 Å². The number of esters is 1. The van der Waals surface area contributed by atoms with Gasteiger partial charge in [-0.2, -0.15) is 0 Å². The first kappa shape index (κ1) is 15.1. The van der Waals surface area contributed by atoms with Crippen LogP contribution in [0, 0.1) is 6.92 Å². The molecule has 1 N–H and O–H groups in total. The highest BCUT2D eigenvalue weighted by molar-refractivity contribution is 5.87. The zero-order valence-electron chi connectivity index (χ0n) is 12.2. The van der Waals surface area contributed by atoms with Crippen molar-refractivity contribution in [2.75, 3.05) is 20.3 Å². The number of furan rings is 1. The van der Waals surface area contributed by atoms with E-state index in [2.05, 4.69) is 4.90 Å². The molecule has 1 heterocycles. The molecule has 0 bridgehead atoms. The number of ether oxygens (including phenoxy) is 1. The fourth-order valence-electron chi connectivity index (χ4n) is 2.91. The van der Waals surface area contributed by atoms with Crippen LogP contribution >= 0.6 is 0 Å². The minimum atomic E-state index is -0.441. The number of aryl methyl sites for hydroxylation is 1. The van der Waals surface area contributed by atoms with Gasteiger partial charge in [0.1, 0.15) is 5.76 Å². The summed E-state index contributed by atoms with van der Waals surface area (Å²) < 4.78 is 10.3. The van der Waals surface area contributed by atoms with Gasteiger partial charge in [0.2, 0.25) is 5.76 Å². The number of nitrogens with zero attached hydrogens (tertiary/aromatic N) is 1. The summed E-state index contributed by atoms with van der Waals surface area (Å²) >= 11 is 0. The van der Waals surface area contributed by atoms with Gasteiger partial charge >= 0.3 is 5.97 Å². The van der Waals surface area contributed by atoms with Crippen molar-refractivity contribution in [3.63, 3.8) is 0 Å². The lowest BCUT2D eigenvalue weighted by molar-refractivity contribution is 0.0557. The largest absolute Gasteiger partial charge is 0.463 e. The Labute approximate surface area is 119 Å². The van der Waals surface area contributed by atoms with E-state index >= 15 is 0 Å². The molecule has 5 nitrogen and oxygen atoms in total. The van der Waals surface area contributed by atoms with Gasteiger partial charge in [0.05, 0.1) is 20.3 Å². The quantitative estimate of drug-likeness (QED) is 0.809. The fraction of sp³-hybridized carbons (Fsp3) is 0.667. The summed E-state index contributed by atoms with van der Waals surface area (Å²) in [6.07, 6.45) is 4.83.